The van der Waals surface area contributed by atoms with E-state index in [0.717, 1.165) is 47.7 Å². The molecule has 1 saturated carbocycles. The number of amides is 1. The number of aromatic nitrogens is 2. The average Bonchev–Trinajstić information content (AvgIpc) is 2.93. The van der Waals surface area contributed by atoms with Crippen molar-refractivity contribution in [2.45, 2.75) is 44.6 Å². The van der Waals surface area contributed by atoms with Gasteiger partial charge in [0.15, 0.2) is 0 Å². The summed E-state index contributed by atoms with van der Waals surface area (Å²) in [5.74, 6) is 1.09. The minimum Gasteiger partial charge on any atom is -0.481 e. The van der Waals surface area contributed by atoms with E-state index in [1.54, 1.807) is 25.4 Å². The smallest absolute Gasteiger partial charge is 0.251 e. The fourth-order valence-electron chi connectivity index (χ4n) is 5.32. The van der Waals surface area contributed by atoms with Crippen molar-refractivity contribution in [2.24, 2.45) is 5.92 Å². The van der Waals surface area contributed by atoms with E-state index in [2.05, 4.69) is 22.2 Å². The molecule has 0 unspecified atom stereocenters. The summed E-state index contributed by atoms with van der Waals surface area (Å²) < 4.78 is 19.0. The van der Waals surface area contributed by atoms with Gasteiger partial charge in [-0.15, -0.1) is 0 Å². The topological polar surface area (TPSA) is 64.1 Å². The highest BCUT2D eigenvalue weighted by molar-refractivity contribution is 5.94. The molecule has 1 N–H and O–H groups in total. The molecule has 1 amide bonds. The molecular formula is C30H30FN3O2. The number of hydrogen-bond donors (Lipinski definition) is 1. The van der Waals surface area contributed by atoms with Crippen molar-refractivity contribution in [3.8, 4) is 17.0 Å². The number of carbonyl (C=O) groups excluding carboxylic acids is 1. The lowest BCUT2D eigenvalue weighted by atomic mass is 9.75. The second kappa shape index (κ2) is 10.4. The monoisotopic (exact) mass is 483 g/mol. The fourth-order valence-corrected chi connectivity index (χ4v) is 5.32. The molecule has 184 valence electrons. The third-order valence-electron chi connectivity index (χ3n) is 7.44. The van der Waals surface area contributed by atoms with Gasteiger partial charge in [0.1, 0.15) is 5.82 Å². The Morgan fingerprint density at radius 2 is 1.72 bits per heavy atom. The van der Waals surface area contributed by atoms with Gasteiger partial charge in [-0.3, -0.25) is 9.78 Å². The number of benzene rings is 2. The predicted molar refractivity (Wildman–Crippen MR) is 140 cm³/mol. The van der Waals surface area contributed by atoms with Crippen LogP contribution < -0.4 is 10.1 Å². The number of nitrogens with zero attached hydrogens (tertiary/aromatic N) is 2. The van der Waals surface area contributed by atoms with Crippen LogP contribution in [0.2, 0.25) is 0 Å². The zero-order valence-electron chi connectivity index (χ0n) is 20.6. The molecule has 0 saturated heterocycles. The molecule has 6 heteroatoms. The highest BCUT2D eigenvalue weighted by Gasteiger charge is 2.28. The molecule has 2 heterocycles. The lowest BCUT2D eigenvalue weighted by molar-refractivity contribution is 0.0918. The highest BCUT2D eigenvalue weighted by Crippen LogP contribution is 2.39. The number of halogens is 1. The number of hydrogen-bond acceptors (Lipinski definition) is 4. The number of fused-ring (bicyclic) bond motifs is 1. The van der Waals surface area contributed by atoms with Crippen molar-refractivity contribution in [2.75, 3.05) is 7.11 Å². The number of ether oxygens (including phenoxy) is 1. The molecule has 1 atom stereocenters. The van der Waals surface area contributed by atoms with Crippen LogP contribution in [0.5, 0.6) is 5.88 Å². The van der Waals surface area contributed by atoms with Crippen molar-refractivity contribution < 1.29 is 13.9 Å². The van der Waals surface area contributed by atoms with Crippen LogP contribution in [0.1, 0.15) is 54.4 Å². The van der Waals surface area contributed by atoms with Crippen LogP contribution in [0.4, 0.5) is 4.39 Å². The van der Waals surface area contributed by atoms with Crippen LogP contribution in [0, 0.1) is 11.7 Å². The van der Waals surface area contributed by atoms with Gasteiger partial charge >= 0.3 is 0 Å². The number of nitrogens with one attached hydrogen (secondary N) is 1. The number of methoxy groups -OCH3 is 1. The minimum absolute atomic E-state index is 0.0559. The third kappa shape index (κ3) is 5.08. The first kappa shape index (κ1) is 23.9. The van der Waals surface area contributed by atoms with Crippen LogP contribution >= 0.6 is 0 Å². The Balaban J connectivity index is 1.18. The molecule has 4 aromatic rings. The molecule has 5 rings (SSSR count). The van der Waals surface area contributed by atoms with E-state index in [1.807, 2.05) is 48.7 Å². The quantitative estimate of drug-likeness (QED) is 0.338. The maximum atomic E-state index is 13.9. The van der Waals surface area contributed by atoms with Gasteiger partial charge in [0.25, 0.3) is 5.91 Å². The van der Waals surface area contributed by atoms with E-state index >= 15 is 0 Å². The Labute approximate surface area is 210 Å². The SMILES string of the molecule is COc1ccc(-c2ccc(C(=O)N[C@H](C)C3CCC(c4ccnc5ccc(F)cc45)CC3)cc2)cn1. The normalized spacial score (nSPS) is 18.5. The summed E-state index contributed by atoms with van der Waals surface area (Å²) in [5, 5.41) is 4.12. The van der Waals surface area contributed by atoms with Crippen molar-refractivity contribution in [3.05, 3.63) is 90.0 Å². The summed E-state index contributed by atoms with van der Waals surface area (Å²) in [6, 6.07) is 18.3. The third-order valence-corrected chi connectivity index (χ3v) is 7.44. The molecule has 0 bridgehead atoms. The summed E-state index contributed by atoms with van der Waals surface area (Å²) in [6.45, 7) is 2.09. The molecule has 0 aliphatic heterocycles. The Hall–Kier alpha value is -3.80. The molecular weight excluding hydrogens is 453 g/mol. The molecule has 36 heavy (non-hydrogen) atoms. The second-order valence-corrected chi connectivity index (χ2v) is 9.60. The zero-order chi connectivity index (χ0) is 25.1. The first-order valence-corrected chi connectivity index (χ1v) is 12.5. The molecule has 2 aromatic heterocycles. The summed E-state index contributed by atoms with van der Waals surface area (Å²) in [5.41, 5.74) is 4.63. The van der Waals surface area contributed by atoms with Crippen LogP contribution in [0.3, 0.4) is 0 Å². The summed E-state index contributed by atoms with van der Waals surface area (Å²) in [6.07, 6.45) is 7.66. The van der Waals surface area contributed by atoms with E-state index in [9.17, 15) is 9.18 Å². The number of rotatable bonds is 6. The van der Waals surface area contributed by atoms with E-state index in [0.29, 0.717) is 23.3 Å². The fraction of sp³-hybridized carbons (Fsp3) is 0.300. The van der Waals surface area contributed by atoms with Crippen molar-refractivity contribution in [1.82, 2.24) is 15.3 Å². The first-order valence-electron chi connectivity index (χ1n) is 12.5. The van der Waals surface area contributed by atoms with Gasteiger partial charge in [0, 0.05) is 41.0 Å². The minimum atomic E-state index is -0.226. The predicted octanol–water partition coefficient (Wildman–Crippen LogP) is 6.54. The van der Waals surface area contributed by atoms with E-state index in [1.165, 1.54) is 11.6 Å². The number of pyridine rings is 2. The Bertz CT molecular complexity index is 1350. The van der Waals surface area contributed by atoms with Crippen molar-refractivity contribution >= 4 is 16.8 Å². The molecule has 1 aliphatic carbocycles. The van der Waals surface area contributed by atoms with Gasteiger partial charge in [-0.05, 0) is 98.0 Å². The van der Waals surface area contributed by atoms with Crippen LogP contribution in [0.25, 0.3) is 22.0 Å². The maximum Gasteiger partial charge on any atom is 0.251 e. The average molecular weight is 484 g/mol. The number of carbonyl (C=O) groups is 1. The van der Waals surface area contributed by atoms with Crippen LogP contribution in [-0.2, 0) is 0 Å². The van der Waals surface area contributed by atoms with Crippen molar-refractivity contribution in [3.63, 3.8) is 0 Å². The molecule has 1 aliphatic rings. The molecule has 0 radical (unpaired) electrons. The van der Waals surface area contributed by atoms with Gasteiger partial charge in [-0.25, -0.2) is 9.37 Å². The first-order chi connectivity index (χ1) is 17.5. The summed E-state index contributed by atoms with van der Waals surface area (Å²) in [7, 11) is 1.59. The standard InChI is InChI=1S/C30H30FN3O2/c1-19(34-30(35)23-9-5-21(6-10-23)24-11-14-29(36-2)33-18-24)20-3-7-22(8-4-20)26-15-16-32-28-13-12-25(31)17-27(26)28/h5-6,9-20,22H,3-4,7-8H2,1-2H3,(H,34,35)/t19-,20?,22?/m1/s1. The van der Waals surface area contributed by atoms with Gasteiger partial charge < -0.3 is 10.1 Å². The Kier molecular flexibility index (Phi) is 6.94. The second-order valence-electron chi connectivity index (χ2n) is 9.60. The van der Waals surface area contributed by atoms with Crippen LogP contribution in [0.15, 0.2) is 73.1 Å². The lowest BCUT2D eigenvalue weighted by Crippen LogP contribution is -2.39. The van der Waals surface area contributed by atoms with E-state index in [-0.39, 0.29) is 17.8 Å². The maximum absolute atomic E-state index is 13.9. The molecule has 0 spiro atoms. The van der Waals surface area contributed by atoms with Gasteiger partial charge in [-0.2, -0.15) is 0 Å². The van der Waals surface area contributed by atoms with E-state index in [4.69, 9.17) is 4.74 Å². The van der Waals surface area contributed by atoms with E-state index < -0.39 is 0 Å². The van der Waals surface area contributed by atoms with Crippen LogP contribution in [-0.4, -0.2) is 29.0 Å². The molecule has 2 aromatic carbocycles. The Morgan fingerprint density at radius 3 is 2.42 bits per heavy atom. The summed E-state index contributed by atoms with van der Waals surface area (Å²) in [4.78, 5) is 21.5. The molecule has 5 nitrogen and oxygen atoms in total. The van der Waals surface area contributed by atoms with Gasteiger partial charge in [-0.1, -0.05) is 12.1 Å². The summed E-state index contributed by atoms with van der Waals surface area (Å²) >= 11 is 0. The highest BCUT2D eigenvalue weighted by atomic mass is 19.1. The molecule has 1 fully saturated rings. The Morgan fingerprint density at radius 1 is 0.972 bits per heavy atom. The zero-order valence-corrected chi connectivity index (χ0v) is 20.6. The van der Waals surface area contributed by atoms with Gasteiger partial charge in [0.2, 0.25) is 5.88 Å². The lowest BCUT2D eigenvalue weighted by Gasteiger charge is -2.33. The largest absolute Gasteiger partial charge is 0.481 e. The van der Waals surface area contributed by atoms with Gasteiger partial charge in [0.05, 0.1) is 12.6 Å². The van der Waals surface area contributed by atoms with Crippen molar-refractivity contribution in [1.29, 1.82) is 0 Å².